The van der Waals surface area contributed by atoms with Crippen LogP contribution in [0.1, 0.15) is 11.1 Å². The summed E-state index contributed by atoms with van der Waals surface area (Å²) >= 11 is 11.9. The van der Waals surface area contributed by atoms with Gasteiger partial charge in [-0.25, -0.2) is 4.39 Å². The first-order valence-electron chi connectivity index (χ1n) is 5.75. The molecule has 0 heterocycles. The van der Waals surface area contributed by atoms with Crippen LogP contribution in [0, 0.1) is 5.82 Å². The van der Waals surface area contributed by atoms with Crippen molar-refractivity contribution in [2.45, 2.75) is 12.8 Å². The van der Waals surface area contributed by atoms with Crippen LogP contribution in [0.15, 0.2) is 42.5 Å². The van der Waals surface area contributed by atoms with Crippen molar-refractivity contribution in [1.82, 2.24) is 0 Å². The molecule has 98 valence electrons. The van der Waals surface area contributed by atoms with Crippen LogP contribution >= 0.6 is 23.2 Å². The van der Waals surface area contributed by atoms with E-state index in [0.717, 1.165) is 5.56 Å². The van der Waals surface area contributed by atoms with Gasteiger partial charge >= 0.3 is 0 Å². The van der Waals surface area contributed by atoms with Gasteiger partial charge in [0.05, 0.1) is 0 Å². The Morgan fingerprint density at radius 2 is 1.58 bits per heavy atom. The highest BCUT2D eigenvalue weighted by atomic mass is 35.5. The minimum Gasteiger partial charge on any atom is -0.299 e. The van der Waals surface area contributed by atoms with Crippen LogP contribution in [0.25, 0.3) is 0 Å². The average Bonchev–Trinajstić information content (AvgIpc) is 2.37. The molecule has 0 radical (unpaired) electrons. The molecule has 0 N–H and O–H groups in total. The van der Waals surface area contributed by atoms with Crippen LogP contribution in [-0.4, -0.2) is 5.78 Å². The summed E-state index contributed by atoms with van der Waals surface area (Å²) in [6, 6.07) is 11.2. The Hall–Kier alpha value is -1.38. The van der Waals surface area contributed by atoms with E-state index < -0.39 is 5.82 Å². The Balaban J connectivity index is 2.10. The lowest BCUT2D eigenvalue weighted by molar-refractivity contribution is -0.117. The zero-order valence-corrected chi connectivity index (χ0v) is 11.5. The monoisotopic (exact) mass is 296 g/mol. The van der Waals surface area contributed by atoms with Crippen molar-refractivity contribution in [2.24, 2.45) is 0 Å². The van der Waals surface area contributed by atoms with Gasteiger partial charge in [0.25, 0.3) is 0 Å². The number of hydrogen-bond donors (Lipinski definition) is 0. The van der Waals surface area contributed by atoms with Gasteiger partial charge in [0, 0.05) is 22.9 Å². The summed E-state index contributed by atoms with van der Waals surface area (Å²) in [6.07, 6.45) is 0.314. The third kappa shape index (κ3) is 3.79. The molecular formula is C15H11Cl2FO. The molecule has 2 aromatic rings. The van der Waals surface area contributed by atoms with Crippen molar-refractivity contribution in [1.29, 1.82) is 0 Å². The Morgan fingerprint density at radius 1 is 0.947 bits per heavy atom. The van der Waals surface area contributed by atoms with E-state index in [2.05, 4.69) is 0 Å². The van der Waals surface area contributed by atoms with Crippen molar-refractivity contribution in [2.75, 3.05) is 0 Å². The van der Waals surface area contributed by atoms with Gasteiger partial charge in [-0.2, -0.15) is 0 Å². The van der Waals surface area contributed by atoms with Gasteiger partial charge in [-0.3, -0.25) is 4.79 Å². The molecule has 0 aliphatic rings. The van der Waals surface area contributed by atoms with Gasteiger partial charge < -0.3 is 0 Å². The summed E-state index contributed by atoms with van der Waals surface area (Å²) in [5, 5.41) is 0.954. The fraction of sp³-hybridized carbons (Fsp3) is 0.133. The number of carbonyl (C=O) groups excluding carboxylic acids is 1. The minimum absolute atomic E-state index is 0.0550. The number of carbonyl (C=O) groups is 1. The lowest BCUT2D eigenvalue weighted by Crippen LogP contribution is -2.07. The Labute approximate surface area is 121 Å². The maximum atomic E-state index is 13.1. The maximum Gasteiger partial charge on any atom is 0.141 e. The van der Waals surface area contributed by atoms with E-state index in [4.69, 9.17) is 23.2 Å². The van der Waals surface area contributed by atoms with Gasteiger partial charge in [-0.15, -0.1) is 0 Å². The van der Waals surface area contributed by atoms with Gasteiger partial charge in [-0.1, -0.05) is 41.4 Å². The topological polar surface area (TPSA) is 17.1 Å². The number of benzene rings is 2. The maximum absolute atomic E-state index is 13.1. The number of halogens is 3. The average molecular weight is 297 g/mol. The molecule has 0 atom stereocenters. The van der Waals surface area contributed by atoms with Crippen molar-refractivity contribution in [3.8, 4) is 0 Å². The molecule has 0 aromatic heterocycles. The van der Waals surface area contributed by atoms with E-state index in [1.807, 2.05) is 6.07 Å². The quantitative estimate of drug-likeness (QED) is 0.812. The standard InChI is InChI=1S/C15H11Cl2FO/c16-14-4-2-1-3-10(14)8-13(19)9-11-7-12(18)5-6-15(11)17/h1-7H,8-9H2. The Kier molecular flexibility index (Phi) is 4.56. The van der Waals surface area contributed by atoms with E-state index in [1.54, 1.807) is 18.2 Å². The zero-order valence-electron chi connectivity index (χ0n) is 10.00. The fourth-order valence-electron chi connectivity index (χ4n) is 1.81. The number of Topliss-reactive ketones (excluding diaryl/α,β-unsaturated/α-hetero) is 1. The van der Waals surface area contributed by atoms with E-state index in [0.29, 0.717) is 15.6 Å². The molecule has 2 rings (SSSR count). The second kappa shape index (κ2) is 6.18. The van der Waals surface area contributed by atoms with Crippen LogP contribution in [0.3, 0.4) is 0 Å². The van der Waals surface area contributed by atoms with Crippen LogP contribution < -0.4 is 0 Å². The predicted octanol–water partition coefficient (Wildman–Crippen LogP) is 4.49. The van der Waals surface area contributed by atoms with Crippen molar-refractivity contribution >= 4 is 29.0 Å². The molecule has 0 spiro atoms. The van der Waals surface area contributed by atoms with Crippen LogP contribution in [0.4, 0.5) is 4.39 Å². The Bertz CT molecular complexity index is 611. The largest absolute Gasteiger partial charge is 0.299 e. The second-order valence-electron chi connectivity index (χ2n) is 4.22. The molecule has 0 saturated heterocycles. The summed E-state index contributed by atoms with van der Waals surface area (Å²) in [5.74, 6) is -0.453. The molecule has 0 unspecified atom stereocenters. The third-order valence-corrected chi connectivity index (χ3v) is 3.48. The summed E-state index contributed by atoms with van der Waals surface area (Å²) < 4.78 is 13.1. The molecule has 0 aliphatic carbocycles. The molecule has 0 saturated carbocycles. The SMILES string of the molecule is O=C(Cc1ccccc1Cl)Cc1cc(F)ccc1Cl. The van der Waals surface area contributed by atoms with Gasteiger partial charge in [0.2, 0.25) is 0 Å². The van der Waals surface area contributed by atoms with Crippen molar-refractivity contribution < 1.29 is 9.18 Å². The highest BCUT2D eigenvalue weighted by Crippen LogP contribution is 2.20. The minimum atomic E-state index is -0.398. The first-order chi connectivity index (χ1) is 9.06. The molecule has 0 aliphatic heterocycles. The zero-order chi connectivity index (χ0) is 13.8. The molecule has 2 aromatic carbocycles. The van der Waals surface area contributed by atoms with Crippen LogP contribution in [0.5, 0.6) is 0 Å². The molecule has 0 bridgehead atoms. The molecule has 0 amide bonds. The highest BCUT2D eigenvalue weighted by Gasteiger charge is 2.10. The number of hydrogen-bond acceptors (Lipinski definition) is 1. The van der Waals surface area contributed by atoms with Gasteiger partial charge in [0.1, 0.15) is 11.6 Å². The summed E-state index contributed by atoms with van der Waals surface area (Å²) in [7, 11) is 0. The first-order valence-corrected chi connectivity index (χ1v) is 6.51. The van der Waals surface area contributed by atoms with E-state index in [1.165, 1.54) is 18.2 Å². The Morgan fingerprint density at radius 3 is 2.32 bits per heavy atom. The highest BCUT2D eigenvalue weighted by molar-refractivity contribution is 6.32. The molecule has 1 nitrogen and oxygen atoms in total. The second-order valence-corrected chi connectivity index (χ2v) is 5.03. The lowest BCUT2D eigenvalue weighted by atomic mass is 10.0. The molecule has 19 heavy (non-hydrogen) atoms. The summed E-state index contributed by atoms with van der Waals surface area (Å²) in [4.78, 5) is 12.0. The van der Waals surface area contributed by atoms with E-state index >= 15 is 0 Å². The van der Waals surface area contributed by atoms with Gasteiger partial charge in [-0.05, 0) is 35.4 Å². The fourth-order valence-corrected chi connectivity index (χ4v) is 2.19. The lowest BCUT2D eigenvalue weighted by Gasteiger charge is -2.05. The molecule has 0 fully saturated rings. The van der Waals surface area contributed by atoms with Gasteiger partial charge in [0.15, 0.2) is 0 Å². The van der Waals surface area contributed by atoms with Crippen LogP contribution in [0.2, 0.25) is 10.0 Å². The molecule has 4 heteroatoms. The summed E-state index contributed by atoms with van der Waals surface area (Å²) in [5.41, 5.74) is 1.26. The predicted molar refractivity (Wildman–Crippen MR) is 75.3 cm³/mol. The normalized spacial score (nSPS) is 10.5. The summed E-state index contributed by atoms with van der Waals surface area (Å²) in [6.45, 7) is 0. The van der Waals surface area contributed by atoms with E-state index in [-0.39, 0.29) is 18.6 Å². The van der Waals surface area contributed by atoms with Crippen LogP contribution in [-0.2, 0) is 17.6 Å². The third-order valence-electron chi connectivity index (χ3n) is 2.74. The number of ketones is 1. The van der Waals surface area contributed by atoms with E-state index in [9.17, 15) is 9.18 Å². The van der Waals surface area contributed by atoms with Crippen molar-refractivity contribution in [3.63, 3.8) is 0 Å². The molecular weight excluding hydrogens is 286 g/mol. The van der Waals surface area contributed by atoms with Crippen molar-refractivity contribution in [3.05, 3.63) is 69.5 Å². The first kappa shape index (κ1) is 14.0. The smallest absolute Gasteiger partial charge is 0.141 e. The number of rotatable bonds is 4.